The van der Waals surface area contributed by atoms with Gasteiger partial charge < -0.3 is 13.9 Å². The molecule has 12 rings (SSSR count). The highest BCUT2D eigenvalue weighted by Crippen LogP contribution is 2.47. The summed E-state index contributed by atoms with van der Waals surface area (Å²) in [4.78, 5) is 2.41. The van der Waals surface area contributed by atoms with E-state index >= 15 is 0 Å². The number of furan rings is 1. The number of anilines is 3. The summed E-state index contributed by atoms with van der Waals surface area (Å²) in [6.45, 7) is 0. The Labute approximate surface area is 341 Å². The van der Waals surface area contributed by atoms with Crippen molar-refractivity contribution < 1.29 is 4.42 Å². The largest absolute Gasteiger partial charge is 0.455 e. The third kappa shape index (κ3) is 5.22. The molecule has 2 aromatic heterocycles. The van der Waals surface area contributed by atoms with Gasteiger partial charge in [0, 0.05) is 54.7 Å². The van der Waals surface area contributed by atoms with E-state index in [1.807, 2.05) is 0 Å². The standard InChI is InChI=1S/C56H36N2O/c1-3-18-41-37(15-1)17-13-30-50(41)57(52-27-10-8-23-46(52)47-24-14-25-48-49-36-33-38-16-2-4-20-43(38)55(49)59-56(47)48)40-34-31-39(32-35-40)42-19-5-9-26-51(42)58-53-28-11-6-21-44(53)45-22-7-12-29-54(45)58/h1-36H. The molecule has 0 amide bonds. The zero-order valence-corrected chi connectivity index (χ0v) is 32.1. The van der Waals surface area contributed by atoms with Crippen LogP contribution in [-0.2, 0) is 0 Å². The van der Waals surface area contributed by atoms with Gasteiger partial charge >= 0.3 is 0 Å². The number of nitrogens with zero attached hydrogens (tertiary/aromatic N) is 2. The van der Waals surface area contributed by atoms with E-state index in [2.05, 4.69) is 228 Å². The van der Waals surface area contributed by atoms with Crippen molar-refractivity contribution in [1.82, 2.24) is 4.57 Å². The smallest absolute Gasteiger partial charge is 0.143 e. The summed E-state index contributed by atoms with van der Waals surface area (Å²) < 4.78 is 9.32. The Morgan fingerprint density at radius 2 is 0.847 bits per heavy atom. The Morgan fingerprint density at radius 1 is 0.322 bits per heavy atom. The lowest BCUT2D eigenvalue weighted by atomic mass is 9.98. The SMILES string of the molecule is c1ccc(N(c2ccc(-c3ccccc3-n3c4ccccc4c4ccccc43)cc2)c2cccc3ccccc23)c(-c2cccc3c2oc2c4ccccc4ccc32)c1. The third-order valence-corrected chi connectivity index (χ3v) is 12.0. The first-order chi connectivity index (χ1) is 29.3. The van der Waals surface area contributed by atoms with Crippen LogP contribution in [0.25, 0.3) is 93.2 Å². The van der Waals surface area contributed by atoms with Gasteiger partial charge in [-0.05, 0) is 64.9 Å². The Morgan fingerprint density at radius 3 is 1.63 bits per heavy atom. The van der Waals surface area contributed by atoms with Gasteiger partial charge in [-0.15, -0.1) is 0 Å². The van der Waals surface area contributed by atoms with Crippen molar-refractivity contribution in [3.63, 3.8) is 0 Å². The van der Waals surface area contributed by atoms with Crippen LogP contribution in [0, 0.1) is 0 Å². The lowest BCUT2D eigenvalue weighted by Gasteiger charge is -2.29. The van der Waals surface area contributed by atoms with E-state index < -0.39 is 0 Å². The van der Waals surface area contributed by atoms with Crippen molar-refractivity contribution in [2.24, 2.45) is 0 Å². The van der Waals surface area contributed by atoms with Gasteiger partial charge in [-0.3, -0.25) is 0 Å². The molecular weight excluding hydrogens is 717 g/mol. The lowest BCUT2D eigenvalue weighted by Crippen LogP contribution is -2.11. The molecule has 12 aromatic rings. The molecule has 0 atom stereocenters. The normalized spacial score (nSPS) is 11.7. The molecule has 0 N–H and O–H groups in total. The number of para-hydroxylation sites is 5. The molecule has 0 aliphatic heterocycles. The summed E-state index contributed by atoms with van der Waals surface area (Å²) in [5, 5.41) is 9.41. The quantitative estimate of drug-likeness (QED) is 0.169. The average Bonchev–Trinajstić information content (AvgIpc) is 3.86. The Balaban J connectivity index is 1.05. The average molecular weight is 753 g/mol. The topological polar surface area (TPSA) is 21.3 Å². The van der Waals surface area contributed by atoms with Crippen LogP contribution in [0.4, 0.5) is 17.1 Å². The van der Waals surface area contributed by atoms with Crippen LogP contribution >= 0.6 is 0 Å². The van der Waals surface area contributed by atoms with Crippen molar-refractivity contribution in [1.29, 1.82) is 0 Å². The Bertz CT molecular complexity index is 3510. The molecule has 3 heteroatoms. The minimum absolute atomic E-state index is 0.890. The molecule has 59 heavy (non-hydrogen) atoms. The summed E-state index contributed by atoms with van der Waals surface area (Å²) in [5.41, 5.74) is 13.1. The highest BCUT2D eigenvalue weighted by molar-refractivity contribution is 6.18. The first-order valence-corrected chi connectivity index (χ1v) is 20.2. The van der Waals surface area contributed by atoms with Crippen LogP contribution in [0.1, 0.15) is 0 Å². The zero-order valence-electron chi connectivity index (χ0n) is 32.1. The maximum atomic E-state index is 6.91. The molecule has 2 heterocycles. The number of hydrogen-bond donors (Lipinski definition) is 0. The van der Waals surface area contributed by atoms with Gasteiger partial charge in [0.25, 0.3) is 0 Å². The first-order valence-electron chi connectivity index (χ1n) is 20.2. The van der Waals surface area contributed by atoms with Crippen LogP contribution in [-0.4, -0.2) is 4.57 Å². The third-order valence-electron chi connectivity index (χ3n) is 12.0. The highest BCUT2D eigenvalue weighted by atomic mass is 16.3. The minimum Gasteiger partial charge on any atom is -0.455 e. The van der Waals surface area contributed by atoms with Crippen molar-refractivity contribution in [2.75, 3.05) is 4.90 Å². The predicted octanol–water partition coefficient (Wildman–Crippen LogP) is 15.8. The van der Waals surface area contributed by atoms with Gasteiger partial charge in [0.1, 0.15) is 11.2 Å². The molecule has 0 radical (unpaired) electrons. The molecule has 10 aromatic carbocycles. The van der Waals surface area contributed by atoms with Gasteiger partial charge in [0.15, 0.2) is 0 Å². The van der Waals surface area contributed by atoms with E-state index in [-0.39, 0.29) is 0 Å². The highest BCUT2D eigenvalue weighted by Gasteiger charge is 2.23. The van der Waals surface area contributed by atoms with Crippen molar-refractivity contribution in [3.8, 4) is 27.9 Å². The number of fused-ring (bicyclic) bond motifs is 9. The number of hydrogen-bond acceptors (Lipinski definition) is 2. The van der Waals surface area contributed by atoms with Crippen LogP contribution in [0.15, 0.2) is 223 Å². The summed E-state index contributed by atoms with van der Waals surface area (Å²) >= 11 is 0. The summed E-state index contributed by atoms with van der Waals surface area (Å²) in [5.74, 6) is 0. The van der Waals surface area contributed by atoms with E-state index in [9.17, 15) is 0 Å². The molecular formula is C56H36N2O. The van der Waals surface area contributed by atoms with Crippen LogP contribution in [0.5, 0.6) is 0 Å². The second kappa shape index (κ2) is 13.4. The fraction of sp³-hybridized carbons (Fsp3) is 0. The predicted molar refractivity (Wildman–Crippen MR) is 249 cm³/mol. The molecule has 3 nitrogen and oxygen atoms in total. The zero-order chi connectivity index (χ0) is 38.9. The molecule has 0 bridgehead atoms. The minimum atomic E-state index is 0.890. The molecule has 0 saturated carbocycles. The maximum absolute atomic E-state index is 6.91. The maximum Gasteiger partial charge on any atom is 0.143 e. The summed E-state index contributed by atoms with van der Waals surface area (Å²) in [7, 11) is 0. The molecule has 0 fully saturated rings. The molecule has 0 aliphatic carbocycles. The summed E-state index contributed by atoms with van der Waals surface area (Å²) in [6, 6.07) is 78.6. The number of benzene rings is 10. The fourth-order valence-electron chi connectivity index (χ4n) is 9.33. The van der Waals surface area contributed by atoms with Gasteiger partial charge in [-0.2, -0.15) is 0 Å². The van der Waals surface area contributed by atoms with Crippen LogP contribution in [0.2, 0.25) is 0 Å². The van der Waals surface area contributed by atoms with Crippen LogP contribution in [0.3, 0.4) is 0 Å². The van der Waals surface area contributed by atoms with E-state index in [4.69, 9.17) is 4.42 Å². The van der Waals surface area contributed by atoms with E-state index in [0.29, 0.717) is 0 Å². The van der Waals surface area contributed by atoms with Crippen molar-refractivity contribution in [3.05, 3.63) is 218 Å². The lowest BCUT2D eigenvalue weighted by molar-refractivity contribution is 0.674. The second-order valence-corrected chi connectivity index (χ2v) is 15.2. The first kappa shape index (κ1) is 33.3. The van der Waals surface area contributed by atoms with E-state index in [0.717, 1.165) is 66.8 Å². The Hall–Kier alpha value is -7.88. The van der Waals surface area contributed by atoms with Gasteiger partial charge in [-0.25, -0.2) is 0 Å². The van der Waals surface area contributed by atoms with Crippen LogP contribution < -0.4 is 4.90 Å². The molecule has 0 spiro atoms. The molecule has 0 saturated heterocycles. The van der Waals surface area contributed by atoms with Gasteiger partial charge in [-0.1, -0.05) is 170 Å². The van der Waals surface area contributed by atoms with Gasteiger partial charge in [0.2, 0.25) is 0 Å². The molecule has 0 aliphatic rings. The molecule has 0 unspecified atom stereocenters. The second-order valence-electron chi connectivity index (χ2n) is 15.2. The monoisotopic (exact) mass is 752 g/mol. The van der Waals surface area contributed by atoms with Gasteiger partial charge in [0.05, 0.1) is 28.1 Å². The van der Waals surface area contributed by atoms with E-state index in [1.165, 1.54) is 43.5 Å². The van der Waals surface area contributed by atoms with Crippen molar-refractivity contribution >= 4 is 82.4 Å². The molecule has 276 valence electrons. The summed E-state index contributed by atoms with van der Waals surface area (Å²) in [6.07, 6.45) is 0. The fourth-order valence-corrected chi connectivity index (χ4v) is 9.33. The van der Waals surface area contributed by atoms with E-state index in [1.54, 1.807) is 0 Å². The Kier molecular flexibility index (Phi) is 7.54. The number of rotatable bonds is 6. The van der Waals surface area contributed by atoms with Crippen molar-refractivity contribution in [2.45, 2.75) is 0 Å². The number of aromatic nitrogens is 1.